The second-order valence-corrected chi connectivity index (χ2v) is 6.08. The van der Waals surface area contributed by atoms with Crippen LogP contribution in [0.15, 0.2) is 0 Å². The molecule has 6 N–H and O–H groups in total. The van der Waals surface area contributed by atoms with E-state index >= 15 is 0 Å². The van der Waals surface area contributed by atoms with Crippen molar-refractivity contribution in [2.75, 3.05) is 13.6 Å². The molecule has 7 nitrogen and oxygen atoms in total. The van der Waals surface area contributed by atoms with Gasteiger partial charge in [0.2, 0.25) is 5.91 Å². The Hall–Kier alpha value is 0.971. The number of likely N-dealkylation sites (N-methyl/N-ethyl adjacent to an activating group) is 1. The fourth-order valence-electron chi connectivity index (χ4n) is 2.15. The summed E-state index contributed by atoms with van der Waals surface area (Å²) in [6.45, 7) is 6.40. The predicted molar refractivity (Wildman–Crippen MR) is 90.2 cm³/mol. The number of hydrogen-bond donors (Lipinski definition) is 5. The third-order valence-corrected chi connectivity index (χ3v) is 3.44. The van der Waals surface area contributed by atoms with Crippen LogP contribution in [0.25, 0.3) is 5.32 Å². The second kappa shape index (κ2) is 15.2. The van der Waals surface area contributed by atoms with Crippen LogP contribution in [-0.4, -0.2) is 54.8 Å². The molecule has 0 radical (unpaired) electrons. The minimum Gasteiger partial charge on any atom is -0.637 e. The molecule has 130 valence electrons. The van der Waals surface area contributed by atoms with Gasteiger partial charge < -0.3 is 31.7 Å². The molecule has 0 aliphatic heterocycles. The van der Waals surface area contributed by atoms with Crippen molar-refractivity contribution in [2.45, 2.75) is 64.6 Å². The Kier molecular flexibility index (Phi) is 17.4. The maximum Gasteiger partial charge on any atom is 1.00 e. The predicted octanol–water partition coefficient (Wildman–Crippen LogP) is -3.03. The van der Waals surface area contributed by atoms with Crippen LogP contribution in [0.3, 0.4) is 0 Å². The fourth-order valence-corrected chi connectivity index (χ4v) is 2.15. The molecule has 1 amide bonds. The van der Waals surface area contributed by atoms with Crippen LogP contribution < -0.4 is 67.8 Å². The van der Waals surface area contributed by atoms with Crippen molar-refractivity contribution in [3.63, 3.8) is 0 Å². The van der Waals surface area contributed by atoms with E-state index in [9.17, 15) is 14.8 Å². The monoisotopic (exact) mass is 354 g/mol. The maximum absolute atomic E-state index is 12.0. The topological polar surface area (TPSA) is 122 Å². The first kappa shape index (κ1) is 26.2. The Morgan fingerprint density at radius 2 is 1.87 bits per heavy atom. The van der Waals surface area contributed by atoms with Crippen molar-refractivity contribution in [1.82, 2.24) is 10.6 Å². The summed E-state index contributed by atoms with van der Waals surface area (Å²) in [7, 11) is 0.138. The molecule has 0 fully saturated rings. The molecule has 0 bridgehead atoms. The van der Waals surface area contributed by atoms with Gasteiger partial charge in [-0.3, -0.25) is 4.79 Å². The smallest absolute Gasteiger partial charge is 0.637 e. The Bertz CT molecular complexity index is 312. The number of carbonyl (C=O) groups excluding carboxylic acids is 1. The van der Waals surface area contributed by atoms with Crippen molar-refractivity contribution >= 4 is 13.0 Å². The van der Waals surface area contributed by atoms with Crippen LogP contribution in [0.4, 0.5) is 0 Å². The van der Waals surface area contributed by atoms with E-state index in [4.69, 9.17) is 5.73 Å². The Labute approximate surface area is 183 Å². The summed E-state index contributed by atoms with van der Waals surface area (Å²) in [5, 5.41) is 28.8. The number of nitrogens with zero attached hydrogens (tertiary/aromatic N) is 1. The van der Waals surface area contributed by atoms with E-state index in [1.54, 1.807) is 14.0 Å². The van der Waals surface area contributed by atoms with Gasteiger partial charge in [0.05, 0.1) is 0 Å². The largest absolute Gasteiger partial charge is 1.00 e. The molecule has 3 atom stereocenters. The van der Waals surface area contributed by atoms with Gasteiger partial charge >= 0.3 is 58.5 Å². The molecule has 0 aromatic carbocycles. The Morgan fingerprint density at radius 3 is 2.30 bits per heavy atom. The molecule has 2 unspecified atom stereocenters. The quantitative estimate of drug-likeness (QED) is 0.189. The Morgan fingerprint density at radius 1 is 1.26 bits per heavy atom. The number of amides is 1. The molecule has 23 heavy (non-hydrogen) atoms. The standard InChI is InChI=1S/C14H32BN4O3.K/c1-10(2)9-13(18-11(3)15(21)22)19-12(14(20)17-4)7-5-6-8-16;/h10-13,18,21-22H,5-9,16H2,1-4H3,(H,17,20);/q-1;+1/t11?,12-,13?;/m0./s1. The number of unbranched alkanes of at least 4 members (excludes halogenated alkanes) is 1. The molecule has 0 saturated heterocycles. The summed E-state index contributed by atoms with van der Waals surface area (Å²) in [4.78, 5) is 12.0. The van der Waals surface area contributed by atoms with Crippen molar-refractivity contribution in [3.8, 4) is 0 Å². The van der Waals surface area contributed by atoms with E-state index in [-0.39, 0.29) is 63.5 Å². The van der Waals surface area contributed by atoms with Gasteiger partial charge in [0.15, 0.2) is 0 Å². The van der Waals surface area contributed by atoms with Gasteiger partial charge in [-0.2, -0.15) is 0 Å². The van der Waals surface area contributed by atoms with Gasteiger partial charge in [-0.05, 0) is 18.9 Å². The minimum atomic E-state index is -1.46. The van der Waals surface area contributed by atoms with Gasteiger partial charge in [0, 0.05) is 13.0 Å². The first-order valence-corrected chi connectivity index (χ1v) is 8.05. The van der Waals surface area contributed by atoms with Crippen LogP contribution >= 0.6 is 0 Å². The molecule has 0 aromatic rings. The van der Waals surface area contributed by atoms with Gasteiger partial charge in [0.1, 0.15) is 0 Å². The van der Waals surface area contributed by atoms with E-state index in [0.717, 1.165) is 19.3 Å². The van der Waals surface area contributed by atoms with Crippen LogP contribution in [0.1, 0.15) is 46.5 Å². The third kappa shape index (κ3) is 12.9. The maximum atomic E-state index is 12.0. The van der Waals surface area contributed by atoms with E-state index in [1.807, 2.05) is 0 Å². The van der Waals surface area contributed by atoms with Gasteiger partial charge in [-0.1, -0.05) is 52.2 Å². The molecule has 0 saturated carbocycles. The van der Waals surface area contributed by atoms with Gasteiger partial charge in [-0.15, -0.1) is 0 Å². The summed E-state index contributed by atoms with van der Waals surface area (Å²) in [5.41, 5.74) is 5.49. The van der Waals surface area contributed by atoms with Crippen LogP contribution in [0, 0.1) is 5.92 Å². The molecule has 0 aliphatic rings. The zero-order valence-corrected chi connectivity index (χ0v) is 18.4. The zero-order chi connectivity index (χ0) is 17.1. The molecular formula is C14H32BKN4O3. The molecule has 0 rings (SSSR count). The molecule has 0 heterocycles. The zero-order valence-electron chi connectivity index (χ0n) is 15.2. The number of hydrogen-bond acceptors (Lipinski definition) is 5. The van der Waals surface area contributed by atoms with Crippen molar-refractivity contribution in [2.24, 2.45) is 11.7 Å². The van der Waals surface area contributed by atoms with Crippen molar-refractivity contribution in [3.05, 3.63) is 5.32 Å². The minimum absolute atomic E-state index is 0. The number of nitrogens with one attached hydrogen (secondary N) is 2. The third-order valence-electron chi connectivity index (χ3n) is 3.44. The van der Waals surface area contributed by atoms with Crippen LogP contribution in [0.5, 0.6) is 0 Å². The summed E-state index contributed by atoms with van der Waals surface area (Å²) >= 11 is 0. The van der Waals surface area contributed by atoms with E-state index in [0.29, 0.717) is 18.9 Å². The first-order chi connectivity index (χ1) is 10.3. The van der Waals surface area contributed by atoms with Crippen molar-refractivity contribution < 1.29 is 66.2 Å². The summed E-state index contributed by atoms with van der Waals surface area (Å²) in [6.07, 6.45) is 2.77. The average Bonchev–Trinajstić information content (AvgIpc) is 2.44. The van der Waals surface area contributed by atoms with Gasteiger partial charge in [-0.25, -0.2) is 0 Å². The molecule has 0 spiro atoms. The summed E-state index contributed by atoms with van der Waals surface area (Å²) in [6, 6.07) is -0.448. The van der Waals surface area contributed by atoms with Crippen LogP contribution in [-0.2, 0) is 4.79 Å². The fraction of sp³-hybridized carbons (Fsp3) is 0.929. The Balaban J connectivity index is 0. The number of carbonyl (C=O) groups is 1. The van der Waals surface area contributed by atoms with Crippen LogP contribution in [0.2, 0.25) is 0 Å². The summed E-state index contributed by atoms with van der Waals surface area (Å²) < 4.78 is 0. The average molecular weight is 354 g/mol. The van der Waals surface area contributed by atoms with Gasteiger partial charge in [0.25, 0.3) is 0 Å². The molecule has 0 aromatic heterocycles. The van der Waals surface area contributed by atoms with E-state index < -0.39 is 19.1 Å². The molecular weight excluding hydrogens is 322 g/mol. The first-order valence-electron chi connectivity index (χ1n) is 8.05. The molecule has 0 aliphatic carbocycles. The second-order valence-electron chi connectivity index (χ2n) is 6.08. The van der Waals surface area contributed by atoms with E-state index in [1.165, 1.54) is 0 Å². The van der Waals surface area contributed by atoms with E-state index in [2.05, 4.69) is 29.8 Å². The number of nitrogens with two attached hydrogens (primary N) is 1. The SMILES string of the molecule is CNC(=O)[C@H](CCCCN)[N-]C(CC(C)C)NC(C)B(O)O.[K+]. The normalized spacial score (nSPS) is 14.8. The summed E-state index contributed by atoms with van der Waals surface area (Å²) in [5.74, 6) is -0.259. The molecule has 9 heteroatoms. The number of rotatable bonds is 12. The van der Waals surface area contributed by atoms with Crippen molar-refractivity contribution in [1.29, 1.82) is 0 Å².